The van der Waals surface area contributed by atoms with Gasteiger partial charge >= 0.3 is 0 Å². The highest BCUT2D eigenvalue weighted by atomic mass is 15.5. The van der Waals surface area contributed by atoms with Crippen LogP contribution in [0.15, 0.2) is 66.9 Å². The van der Waals surface area contributed by atoms with E-state index in [1.54, 1.807) is 4.52 Å². The summed E-state index contributed by atoms with van der Waals surface area (Å²) in [5.41, 5.74) is 6.62. The summed E-state index contributed by atoms with van der Waals surface area (Å²) in [5.74, 6) is 0. The predicted molar refractivity (Wildman–Crippen MR) is 109 cm³/mol. The average molecular weight is 357 g/mol. The number of hydrogen-bond acceptors (Lipinski definition) is 4. The van der Waals surface area contributed by atoms with Gasteiger partial charge in [-0.05, 0) is 45.2 Å². The van der Waals surface area contributed by atoms with Crippen LogP contribution in [-0.4, -0.2) is 20.0 Å². The van der Waals surface area contributed by atoms with Crippen molar-refractivity contribution >= 4 is 11.3 Å². The van der Waals surface area contributed by atoms with Gasteiger partial charge < -0.3 is 5.32 Å². The Kier molecular flexibility index (Phi) is 4.36. The van der Waals surface area contributed by atoms with E-state index in [9.17, 15) is 0 Å². The van der Waals surface area contributed by atoms with Crippen molar-refractivity contribution in [2.24, 2.45) is 0 Å². The minimum Gasteiger partial charge on any atom is -0.381 e. The van der Waals surface area contributed by atoms with Crippen LogP contribution < -0.4 is 5.32 Å². The third-order valence-electron chi connectivity index (χ3n) is 4.71. The fourth-order valence-corrected chi connectivity index (χ4v) is 3.12. The smallest absolute Gasteiger partial charge is 0.184 e. The van der Waals surface area contributed by atoms with Crippen molar-refractivity contribution in [1.29, 1.82) is 0 Å². The zero-order valence-corrected chi connectivity index (χ0v) is 15.8. The minimum atomic E-state index is 0.155. The molecule has 5 heteroatoms. The number of anilines is 1. The maximum absolute atomic E-state index is 4.17. The van der Waals surface area contributed by atoms with Gasteiger partial charge in [-0.2, -0.15) is 4.52 Å². The number of fused-ring (bicyclic) bond motifs is 1. The number of rotatable bonds is 4. The van der Waals surface area contributed by atoms with Crippen molar-refractivity contribution in [3.05, 3.63) is 78.0 Å². The van der Waals surface area contributed by atoms with Crippen molar-refractivity contribution in [1.82, 2.24) is 20.0 Å². The molecule has 0 bridgehead atoms. The number of nitrogens with one attached hydrogen (secondary N) is 1. The summed E-state index contributed by atoms with van der Waals surface area (Å²) in [5, 5.41) is 15.6. The van der Waals surface area contributed by atoms with Crippen LogP contribution in [0.25, 0.3) is 16.8 Å². The van der Waals surface area contributed by atoms with Gasteiger partial charge in [0.2, 0.25) is 0 Å². The van der Waals surface area contributed by atoms with E-state index >= 15 is 0 Å². The summed E-state index contributed by atoms with van der Waals surface area (Å²) in [7, 11) is 0. The molecule has 27 heavy (non-hydrogen) atoms. The molecule has 0 aliphatic heterocycles. The lowest BCUT2D eigenvalue weighted by Gasteiger charge is -2.19. The second-order valence-corrected chi connectivity index (χ2v) is 7.75. The highest BCUT2D eigenvalue weighted by Gasteiger charge is 2.13. The molecule has 0 amide bonds. The van der Waals surface area contributed by atoms with Crippen LogP contribution in [-0.2, 0) is 12.0 Å². The molecular weight excluding hydrogens is 334 g/mol. The number of tetrazole rings is 1. The summed E-state index contributed by atoms with van der Waals surface area (Å²) in [6.07, 6.45) is 1.96. The Bertz CT molecular complexity index is 1040. The summed E-state index contributed by atoms with van der Waals surface area (Å²) < 4.78 is 1.74. The zero-order chi connectivity index (χ0) is 18.9. The molecule has 136 valence electrons. The highest BCUT2D eigenvalue weighted by molar-refractivity contribution is 5.67. The first kappa shape index (κ1) is 17.2. The molecule has 0 atom stereocenters. The van der Waals surface area contributed by atoms with Gasteiger partial charge in [-0.25, -0.2) is 0 Å². The molecular formula is C22H23N5. The molecule has 2 aromatic carbocycles. The standard InChI is InChI=1S/C22H23N5/c1-22(2,3)19-9-11-20(12-10-19)23-14-17-13-18(16-7-5-4-6-8-16)15-27-21(17)24-25-26-27/h4-13,15,23H,14H2,1-3H3. The molecule has 0 fully saturated rings. The SMILES string of the molecule is CC(C)(C)c1ccc(NCc2cc(-c3ccccc3)cn3nnnc23)cc1. The van der Waals surface area contributed by atoms with Crippen molar-refractivity contribution in [3.63, 3.8) is 0 Å². The number of pyridine rings is 1. The summed E-state index contributed by atoms with van der Waals surface area (Å²) >= 11 is 0. The van der Waals surface area contributed by atoms with Crippen molar-refractivity contribution in [3.8, 4) is 11.1 Å². The van der Waals surface area contributed by atoms with E-state index in [1.807, 2.05) is 24.4 Å². The second kappa shape index (κ2) is 6.83. The molecule has 2 heterocycles. The van der Waals surface area contributed by atoms with Crippen LogP contribution in [0, 0.1) is 0 Å². The largest absolute Gasteiger partial charge is 0.381 e. The number of hydrogen-bond donors (Lipinski definition) is 1. The first-order valence-electron chi connectivity index (χ1n) is 9.11. The Morgan fingerprint density at radius 1 is 0.926 bits per heavy atom. The van der Waals surface area contributed by atoms with Crippen molar-refractivity contribution in [2.75, 3.05) is 5.32 Å². The third kappa shape index (κ3) is 3.67. The Hall–Kier alpha value is -3.21. The van der Waals surface area contributed by atoms with E-state index in [1.165, 1.54) is 5.56 Å². The molecule has 0 radical (unpaired) electrons. The molecule has 4 aromatic rings. The van der Waals surface area contributed by atoms with E-state index in [2.05, 4.69) is 84.1 Å². The summed E-state index contributed by atoms with van der Waals surface area (Å²) in [6, 6.07) is 21.0. The maximum Gasteiger partial charge on any atom is 0.184 e. The van der Waals surface area contributed by atoms with Crippen molar-refractivity contribution in [2.45, 2.75) is 32.7 Å². The second-order valence-electron chi connectivity index (χ2n) is 7.75. The highest BCUT2D eigenvalue weighted by Crippen LogP contribution is 2.25. The van der Waals surface area contributed by atoms with E-state index < -0.39 is 0 Å². The van der Waals surface area contributed by atoms with Crippen LogP contribution in [0.4, 0.5) is 5.69 Å². The molecule has 0 unspecified atom stereocenters. The molecule has 5 nitrogen and oxygen atoms in total. The Morgan fingerprint density at radius 3 is 2.37 bits per heavy atom. The molecule has 0 aliphatic rings. The van der Waals surface area contributed by atoms with Gasteiger partial charge in [-0.3, -0.25) is 0 Å². The monoisotopic (exact) mass is 357 g/mol. The molecule has 1 N–H and O–H groups in total. The lowest BCUT2D eigenvalue weighted by Crippen LogP contribution is -2.11. The number of nitrogens with zero attached hydrogens (tertiary/aromatic N) is 4. The van der Waals surface area contributed by atoms with E-state index in [0.29, 0.717) is 6.54 Å². The lowest BCUT2D eigenvalue weighted by atomic mass is 9.87. The normalized spacial score (nSPS) is 11.7. The predicted octanol–water partition coefficient (Wildman–Crippen LogP) is 4.70. The van der Waals surface area contributed by atoms with E-state index in [4.69, 9.17) is 0 Å². The molecule has 0 saturated heterocycles. The zero-order valence-electron chi connectivity index (χ0n) is 15.8. The Balaban J connectivity index is 1.61. The fraction of sp³-hybridized carbons (Fsp3) is 0.227. The average Bonchev–Trinajstić information content (AvgIpc) is 3.15. The van der Waals surface area contributed by atoms with E-state index in [0.717, 1.165) is 28.0 Å². The summed E-state index contributed by atoms with van der Waals surface area (Å²) in [6.45, 7) is 7.32. The van der Waals surface area contributed by atoms with Crippen LogP contribution in [0.5, 0.6) is 0 Å². The molecule has 0 aliphatic carbocycles. The Morgan fingerprint density at radius 2 is 1.67 bits per heavy atom. The number of benzene rings is 2. The number of aromatic nitrogens is 4. The van der Waals surface area contributed by atoms with Gasteiger partial charge in [-0.15, -0.1) is 5.10 Å². The Labute approximate surface area is 159 Å². The fourth-order valence-electron chi connectivity index (χ4n) is 3.12. The van der Waals surface area contributed by atoms with Crippen LogP contribution in [0.1, 0.15) is 31.9 Å². The maximum atomic E-state index is 4.17. The molecule has 0 spiro atoms. The van der Waals surface area contributed by atoms with Crippen LogP contribution in [0.2, 0.25) is 0 Å². The van der Waals surface area contributed by atoms with E-state index in [-0.39, 0.29) is 5.41 Å². The third-order valence-corrected chi connectivity index (χ3v) is 4.71. The minimum absolute atomic E-state index is 0.155. The van der Waals surface area contributed by atoms with Crippen LogP contribution in [0.3, 0.4) is 0 Å². The summed E-state index contributed by atoms with van der Waals surface area (Å²) in [4.78, 5) is 0. The molecule has 4 rings (SSSR count). The van der Waals surface area contributed by atoms with Gasteiger partial charge in [0.1, 0.15) is 0 Å². The van der Waals surface area contributed by atoms with Gasteiger partial charge in [-0.1, -0.05) is 63.2 Å². The van der Waals surface area contributed by atoms with Gasteiger partial charge in [0.25, 0.3) is 0 Å². The van der Waals surface area contributed by atoms with Gasteiger partial charge in [0.15, 0.2) is 5.65 Å². The molecule has 2 aromatic heterocycles. The first-order valence-corrected chi connectivity index (χ1v) is 9.11. The van der Waals surface area contributed by atoms with Gasteiger partial charge in [0.05, 0.1) is 0 Å². The quantitative estimate of drug-likeness (QED) is 0.575. The lowest BCUT2D eigenvalue weighted by molar-refractivity contribution is 0.590. The first-order chi connectivity index (χ1) is 13.0. The van der Waals surface area contributed by atoms with Crippen molar-refractivity contribution < 1.29 is 0 Å². The van der Waals surface area contributed by atoms with Gasteiger partial charge in [0, 0.05) is 29.6 Å². The topological polar surface area (TPSA) is 55.1 Å². The molecule has 0 saturated carbocycles. The van der Waals surface area contributed by atoms with Crippen LogP contribution >= 0.6 is 0 Å².